The van der Waals surface area contributed by atoms with E-state index in [0.717, 1.165) is 51.5 Å². The predicted octanol–water partition coefficient (Wildman–Crippen LogP) is 1.06. The Balaban J connectivity index is 2.15. The number of unbranched alkanes of at least 4 members (excludes halogenated alkanes) is 3. The average molecular weight is 269 g/mol. The molecule has 0 spiro atoms. The van der Waals surface area contributed by atoms with E-state index in [4.69, 9.17) is 11.5 Å². The van der Waals surface area contributed by atoms with Crippen molar-refractivity contribution in [2.75, 3.05) is 6.54 Å². The minimum atomic E-state index is -0.235. The molecular weight excluding hydrogens is 242 g/mol. The summed E-state index contributed by atoms with van der Waals surface area (Å²) in [6.45, 7) is 0.725. The summed E-state index contributed by atoms with van der Waals surface area (Å²) in [7, 11) is 0. The average Bonchev–Trinajstić information content (AvgIpc) is 2.38. The van der Waals surface area contributed by atoms with Crippen LogP contribution in [0.2, 0.25) is 0 Å². The number of hydrogen-bond acceptors (Lipinski definition) is 3. The zero-order valence-corrected chi connectivity index (χ0v) is 11.7. The molecule has 0 bridgehead atoms. The molecule has 1 aliphatic carbocycles. The fourth-order valence-electron chi connectivity index (χ4n) is 2.66. The van der Waals surface area contributed by atoms with Gasteiger partial charge in [0.15, 0.2) is 0 Å². The summed E-state index contributed by atoms with van der Waals surface area (Å²) in [5, 5.41) is 3.02. The Morgan fingerprint density at radius 1 is 1.11 bits per heavy atom. The molecule has 0 saturated heterocycles. The van der Waals surface area contributed by atoms with Gasteiger partial charge in [-0.2, -0.15) is 0 Å². The first-order valence-corrected chi connectivity index (χ1v) is 7.42. The van der Waals surface area contributed by atoms with Gasteiger partial charge in [-0.1, -0.05) is 19.3 Å². The van der Waals surface area contributed by atoms with Crippen LogP contribution in [-0.2, 0) is 9.59 Å². The van der Waals surface area contributed by atoms with Gasteiger partial charge in [-0.25, -0.2) is 0 Å². The Kier molecular flexibility index (Phi) is 7.48. The fraction of sp³-hybridized carbons (Fsp3) is 0.857. The molecule has 0 heterocycles. The van der Waals surface area contributed by atoms with E-state index < -0.39 is 0 Å². The number of carbonyl (C=O) groups is 2. The molecular formula is C14H27N3O2. The lowest BCUT2D eigenvalue weighted by molar-refractivity contribution is -0.125. The highest BCUT2D eigenvalue weighted by atomic mass is 16.2. The second-order valence-electron chi connectivity index (χ2n) is 5.48. The van der Waals surface area contributed by atoms with E-state index in [2.05, 4.69) is 5.32 Å². The molecule has 1 saturated carbocycles. The van der Waals surface area contributed by atoms with Crippen molar-refractivity contribution in [2.45, 2.75) is 63.8 Å². The van der Waals surface area contributed by atoms with Gasteiger partial charge >= 0.3 is 0 Å². The Morgan fingerprint density at radius 2 is 1.84 bits per heavy atom. The standard InChI is InChI=1S/C14H27N3O2/c15-9-4-2-1-3-8-13(18)17-12-7-5-6-11(10-12)14(16)19/h11-12H,1-10,15H2,(H2,16,19)(H,17,18). The zero-order valence-electron chi connectivity index (χ0n) is 11.7. The highest BCUT2D eigenvalue weighted by molar-refractivity contribution is 5.78. The lowest BCUT2D eigenvalue weighted by atomic mass is 9.85. The molecule has 0 aromatic rings. The first-order valence-electron chi connectivity index (χ1n) is 7.42. The lowest BCUT2D eigenvalue weighted by Crippen LogP contribution is -2.41. The third kappa shape index (κ3) is 6.57. The molecule has 2 amide bonds. The molecule has 0 radical (unpaired) electrons. The molecule has 1 fully saturated rings. The van der Waals surface area contributed by atoms with Crippen LogP contribution in [-0.4, -0.2) is 24.4 Å². The highest BCUT2D eigenvalue weighted by Crippen LogP contribution is 2.24. The summed E-state index contributed by atoms with van der Waals surface area (Å²) in [6, 6.07) is 0.128. The number of hydrogen-bond donors (Lipinski definition) is 3. The molecule has 1 aliphatic rings. The summed E-state index contributed by atoms with van der Waals surface area (Å²) in [5.74, 6) is -0.202. The van der Waals surface area contributed by atoms with E-state index >= 15 is 0 Å². The summed E-state index contributed by atoms with van der Waals surface area (Å²) < 4.78 is 0. The number of primary amides is 1. The maximum absolute atomic E-state index is 11.8. The van der Waals surface area contributed by atoms with Crippen LogP contribution in [0, 0.1) is 5.92 Å². The van der Waals surface area contributed by atoms with Gasteiger partial charge in [0.1, 0.15) is 0 Å². The minimum Gasteiger partial charge on any atom is -0.369 e. The topological polar surface area (TPSA) is 98.2 Å². The molecule has 5 heteroatoms. The second-order valence-corrected chi connectivity index (χ2v) is 5.48. The maximum atomic E-state index is 11.8. The first-order chi connectivity index (χ1) is 9.13. The molecule has 5 N–H and O–H groups in total. The van der Waals surface area contributed by atoms with Gasteiger partial charge < -0.3 is 16.8 Å². The SMILES string of the molecule is NCCCCCCC(=O)NC1CCCC(C(N)=O)C1. The van der Waals surface area contributed by atoms with Crippen molar-refractivity contribution in [1.29, 1.82) is 0 Å². The van der Waals surface area contributed by atoms with E-state index in [-0.39, 0.29) is 23.8 Å². The molecule has 19 heavy (non-hydrogen) atoms. The predicted molar refractivity (Wildman–Crippen MR) is 75.2 cm³/mol. The molecule has 0 aliphatic heterocycles. The van der Waals surface area contributed by atoms with Gasteiger partial charge in [-0.15, -0.1) is 0 Å². The van der Waals surface area contributed by atoms with E-state index in [1.54, 1.807) is 0 Å². The Morgan fingerprint density at radius 3 is 2.53 bits per heavy atom. The van der Waals surface area contributed by atoms with Crippen molar-refractivity contribution >= 4 is 11.8 Å². The number of nitrogens with one attached hydrogen (secondary N) is 1. The van der Waals surface area contributed by atoms with E-state index in [1.807, 2.05) is 0 Å². The van der Waals surface area contributed by atoms with Crippen molar-refractivity contribution < 1.29 is 9.59 Å². The van der Waals surface area contributed by atoms with Gasteiger partial charge in [0.25, 0.3) is 0 Å². The van der Waals surface area contributed by atoms with Crippen molar-refractivity contribution in [3.8, 4) is 0 Å². The third-order valence-corrected chi connectivity index (χ3v) is 3.80. The molecule has 1 rings (SSSR count). The van der Waals surface area contributed by atoms with Gasteiger partial charge in [-0.05, 0) is 38.6 Å². The molecule has 2 atom stereocenters. The lowest BCUT2D eigenvalue weighted by Gasteiger charge is -2.27. The van der Waals surface area contributed by atoms with Gasteiger partial charge in [-0.3, -0.25) is 9.59 Å². The molecule has 0 aromatic carbocycles. The van der Waals surface area contributed by atoms with Crippen molar-refractivity contribution in [3.05, 3.63) is 0 Å². The van der Waals surface area contributed by atoms with Crippen molar-refractivity contribution in [3.63, 3.8) is 0 Å². The van der Waals surface area contributed by atoms with Crippen LogP contribution in [0.1, 0.15) is 57.8 Å². The molecule has 0 aromatic heterocycles. The van der Waals surface area contributed by atoms with E-state index in [0.29, 0.717) is 12.8 Å². The van der Waals surface area contributed by atoms with Crippen LogP contribution in [0.15, 0.2) is 0 Å². The highest BCUT2D eigenvalue weighted by Gasteiger charge is 2.26. The molecule has 110 valence electrons. The summed E-state index contributed by atoms with van der Waals surface area (Å²) in [5.41, 5.74) is 10.7. The third-order valence-electron chi connectivity index (χ3n) is 3.80. The van der Waals surface area contributed by atoms with Crippen molar-refractivity contribution in [2.24, 2.45) is 17.4 Å². The minimum absolute atomic E-state index is 0.0661. The molecule has 2 unspecified atom stereocenters. The largest absolute Gasteiger partial charge is 0.369 e. The normalized spacial score (nSPS) is 23.0. The van der Waals surface area contributed by atoms with Crippen molar-refractivity contribution in [1.82, 2.24) is 5.32 Å². The van der Waals surface area contributed by atoms with Crippen LogP contribution < -0.4 is 16.8 Å². The maximum Gasteiger partial charge on any atom is 0.220 e. The zero-order chi connectivity index (χ0) is 14.1. The van der Waals surface area contributed by atoms with Crippen LogP contribution in [0.4, 0.5) is 0 Å². The Hall–Kier alpha value is -1.10. The summed E-state index contributed by atoms with van der Waals surface area (Å²) >= 11 is 0. The fourth-order valence-corrected chi connectivity index (χ4v) is 2.66. The van der Waals surface area contributed by atoms with Crippen LogP contribution >= 0.6 is 0 Å². The number of nitrogens with two attached hydrogens (primary N) is 2. The Labute approximate surface area is 115 Å². The number of amides is 2. The smallest absolute Gasteiger partial charge is 0.220 e. The number of carbonyl (C=O) groups excluding carboxylic acids is 2. The summed E-state index contributed by atoms with van der Waals surface area (Å²) in [6.07, 6.45) is 8.16. The van der Waals surface area contributed by atoms with E-state index in [1.165, 1.54) is 0 Å². The monoisotopic (exact) mass is 269 g/mol. The van der Waals surface area contributed by atoms with Crippen LogP contribution in [0.3, 0.4) is 0 Å². The van der Waals surface area contributed by atoms with Crippen LogP contribution in [0.5, 0.6) is 0 Å². The van der Waals surface area contributed by atoms with Gasteiger partial charge in [0.05, 0.1) is 0 Å². The first kappa shape index (κ1) is 16.0. The van der Waals surface area contributed by atoms with Gasteiger partial charge in [0.2, 0.25) is 11.8 Å². The molecule has 5 nitrogen and oxygen atoms in total. The van der Waals surface area contributed by atoms with E-state index in [9.17, 15) is 9.59 Å². The second kappa shape index (κ2) is 8.91. The Bertz CT molecular complexity index is 294. The van der Waals surface area contributed by atoms with Gasteiger partial charge in [0, 0.05) is 18.4 Å². The number of rotatable bonds is 8. The summed E-state index contributed by atoms with van der Waals surface area (Å²) in [4.78, 5) is 22.9. The van der Waals surface area contributed by atoms with Crippen LogP contribution in [0.25, 0.3) is 0 Å². The quantitative estimate of drug-likeness (QED) is 0.574.